The summed E-state index contributed by atoms with van der Waals surface area (Å²) in [6.45, 7) is 0.571. The average molecular weight is 221 g/mol. The Kier molecular flexibility index (Phi) is 4.85. The Balaban J connectivity index is 2.19. The molecule has 16 heavy (non-hydrogen) atoms. The van der Waals surface area contributed by atoms with Crippen LogP contribution in [0, 0.1) is 5.41 Å². The van der Waals surface area contributed by atoms with Crippen molar-refractivity contribution in [3.05, 3.63) is 35.9 Å². The van der Waals surface area contributed by atoms with Crippen molar-refractivity contribution in [1.29, 1.82) is 5.41 Å². The van der Waals surface area contributed by atoms with Crippen LogP contribution in [0.3, 0.4) is 0 Å². The molecule has 0 unspecified atom stereocenters. The standard InChI is InChI=1S/C11H15N3O2/c12-11(13)14-6-7-16-10(15)8-9-4-2-1-3-5-9/h1-5H,6-8H2,(H4,12,13,14). The van der Waals surface area contributed by atoms with E-state index in [0.717, 1.165) is 5.56 Å². The van der Waals surface area contributed by atoms with Crippen molar-refractivity contribution < 1.29 is 9.53 Å². The molecule has 86 valence electrons. The number of ether oxygens (including phenoxy) is 1. The quantitative estimate of drug-likeness (QED) is 0.288. The minimum absolute atomic E-state index is 0.126. The first-order valence-electron chi connectivity index (χ1n) is 4.96. The molecule has 1 aromatic rings. The van der Waals surface area contributed by atoms with Gasteiger partial charge >= 0.3 is 5.97 Å². The fourth-order valence-electron chi connectivity index (χ4n) is 1.16. The van der Waals surface area contributed by atoms with Gasteiger partial charge in [-0.2, -0.15) is 0 Å². The zero-order chi connectivity index (χ0) is 11.8. The molecule has 0 aliphatic rings. The molecular formula is C11H15N3O2. The van der Waals surface area contributed by atoms with Gasteiger partial charge in [0.25, 0.3) is 0 Å². The number of rotatable bonds is 5. The maximum absolute atomic E-state index is 11.3. The van der Waals surface area contributed by atoms with Crippen molar-refractivity contribution in [2.75, 3.05) is 13.2 Å². The van der Waals surface area contributed by atoms with Gasteiger partial charge in [0.2, 0.25) is 0 Å². The van der Waals surface area contributed by atoms with Gasteiger partial charge in [-0.1, -0.05) is 30.3 Å². The summed E-state index contributed by atoms with van der Waals surface area (Å²) in [5.74, 6) is -0.407. The normalized spacial score (nSPS) is 9.50. The van der Waals surface area contributed by atoms with Gasteiger partial charge < -0.3 is 15.8 Å². The summed E-state index contributed by atoms with van der Waals surface area (Å²) in [6.07, 6.45) is 0.265. The summed E-state index contributed by atoms with van der Waals surface area (Å²) in [5, 5.41) is 9.43. The Labute approximate surface area is 94.1 Å². The minimum atomic E-state index is -0.281. The first-order valence-corrected chi connectivity index (χ1v) is 4.96. The Morgan fingerprint density at radius 3 is 2.69 bits per heavy atom. The summed E-state index contributed by atoms with van der Waals surface area (Å²) in [4.78, 5) is 11.3. The van der Waals surface area contributed by atoms with Crippen molar-refractivity contribution >= 4 is 11.9 Å². The largest absolute Gasteiger partial charge is 0.464 e. The van der Waals surface area contributed by atoms with Gasteiger partial charge in [-0.25, -0.2) is 0 Å². The lowest BCUT2D eigenvalue weighted by Crippen LogP contribution is -2.33. The zero-order valence-electron chi connectivity index (χ0n) is 8.90. The van der Waals surface area contributed by atoms with Crippen LogP contribution in [0.15, 0.2) is 30.3 Å². The summed E-state index contributed by atoms with van der Waals surface area (Å²) < 4.78 is 4.94. The minimum Gasteiger partial charge on any atom is -0.464 e. The summed E-state index contributed by atoms with van der Waals surface area (Å²) in [5.41, 5.74) is 5.99. The highest BCUT2D eigenvalue weighted by Crippen LogP contribution is 2.00. The van der Waals surface area contributed by atoms with Gasteiger partial charge in [-0.3, -0.25) is 10.2 Å². The number of nitrogens with two attached hydrogens (primary N) is 1. The van der Waals surface area contributed by atoms with E-state index in [9.17, 15) is 4.79 Å². The molecule has 0 heterocycles. The van der Waals surface area contributed by atoms with Gasteiger partial charge in [0.15, 0.2) is 5.96 Å². The number of carbonyl (C=O) groups excluding carboxylic acids is 1. The van der Waals surface area contributed by atoms with E-state index in [1.54, 1.807) is 0 Å². The number of hydrogen-bond donors (Lipinski definition) is 3. The van der Waals surface area contributed by atoms with Crippen LogP contribution in [-0.2, 0) is 16.0 Å². The smallest absolute Gasteiger partial charge is 0.310 e. The average Bonchev–Trinajstić information content (AvgIpc) is 2.25. The molecule has 4 N–H and O–H groups in total. The lowest BCUT2D eigenvalue weighted by Gasteiger charge is -2.05. The predicted molar refractivity (Wildman–Crippen MR) is 61.0 cm³/mol. The second-order valence-corrected chi connectivity index (χ2v) is 3.22. The van der Waals surface area contributed by atoms with E-state index in [0.29, 0.717) is 6.54 Å². The number of esters is 1. The van der Waals surface area contributed by atoms with E-state index in [1.807, 2.05) is 30.3 Å². The number of hydrogen-bond acceptors (Lipinski definition) is 3. The molecule has 0 aliphatic carbocycles. The maximum atomic E-state index is 11.3. The second kappa shape index (κ2) is 6.44. The van der Waals surface area contributed by atoms with Crippen molar-refractivity contribution in [2.24, 2.45) is 5.73 Å². The summed E-state index contributed by atoms with van der Waals surface area (Å²) in [7, 11) is 0. The second-order valence-electron chi connectivity index (χ2n) is 3.22. The molecule has 0 aliphatic heterocycles. The lowest BCUT2D eigenvalue weighted by atomic mass is 10.2. The molecule has 0 atom stereocenters. The molecule has 0 fully saturated rings. The molecule has 0 amide bonds. The Morgan fingerprint density at radius 1 is 1.38 bits per heavy atom. The van der Waals surface area contributed by atoms with Gasteiger partial charge in [0.1, 0.15) is 6.61 Å². The third-order valence-corrected chi connectivity index (χ3v) is 1.87. The number of nitrogens with one attached hydrogen (secondary N) is 2. The van der Waals surface area contributed by atoms with Crippen LogP contribution in [-0.4, -0.2) is 25.1 Å². The van der Waals surface area contributed by atoms with Crippen molar-refractivity contribution in [3.8, 4) is 0 Å². The van der Waals surface area contributed by atoms with E-state index in [1.165, 1.54) is 0 Å². The molecule has 5 heteroatoms. The van der Waals surface area contributed by atoms with Gasteiger partial charge in [0.05, 0.1) is 13.0 Å². The molecule has 0 saturated heterocycles. The van der Waals surface area contributed by atoms with Crippen LogP contribution >= 0.6 is 0 Å². The van der Waals surface area contributed by atoms with E-state index < -0.39 is 0 Å². The molecule has 0 radical (unpaired) electrons. The lowest BCUT2D eigenvalue weighted by molar-refractivity contribution is -0.142. The fourth-order valence-corrected chi connectivity index (χ4v) is 1.16. The number of benzene rings is 1. The Morgan fingerprint density at radius 2 is 2.06 bits per heavy atom. The Hall–Kier alpha value is -2.04. The van der Waals surface area contributed by atoms with Gasteiger partial charge in [-0.05, 0) is 5.56 Å². The van der Waals surface area contributed by atoms with E-state index >= 15 is 0 Å². The summed E-state index contributed by atoms with van der Waals surface area (Å²) in [6, 6.07) is 9.38. The molecule has 0 aromatic heterocycles. The number of carbonyl (C=O) groups is 1. The molecule has 0 spiro atoms. The molecule has 1 aromatic carbocycles. The van der Waals surface area contributed by atoms with Crippen molar-refractivity contribution in [2.45, 2.75) is 6.42 Å². The molecule has 5 nitrogen and oxygen atoms in total. The van der Waals surface area contributed by atoms with Crippen LogP contribution in [0.2, 0.25) is 0 Å². The van der Waals surface area contributed by atoms with E-state index in [2.05, 4.69) is 5.32 Å². The Bertz CT molecular complexity index is 352. The monoisotopic (exact) mass is 221 g/mol. The topological polar surface area (TPSA) is 88.2 Å². The predicted octanol–water partition coefficient (Wildman–Crippen LogP) is 0.255. The van der Waals surface area contributed by atoms with E-state index in [-0.39, 0.29) is 25.0 Å². The van der Waals surface area contributed by atoms with Gasteiger partial charge in [0, 0.05) is 0 Å². The highest BCUT2D eigenvalue weighted by Gasteiger charge is 2.03. The maximum Gasteiger partial charge on any atom is 0.310 e. The van der Waals surface area contributed by atoms with Crippen molar-refractivity contribution in [1.82, 2.24) is 5.32 Å². The highest BCUT2D eigenvalue weighted by molar-refractivity contribution is 5.74. The molecular weight excluding hydrogens is 206 g/mol. The molecule has 0 bridgehead atoms. The summed E-state index contributed by atoms with van der Waals surface area (Å²) >= 11 is 0. The van der Waals surface area contributed by atoms with Crippen LogP contribution in [0.1, 0.15) is 5.56 Å². The van der Waals surface area contributed by atoms with Crippen LogP contribution < -0.4 is 11.1 Å². The van der Waals surface area contributed by atoms with Crippen LogP contribution in [0.4, 0.5) is 0 Å². The van der Waals surface area contributed by atoms with E-state index in [4.69, 9.17) is 15.9 Å². The molecule has 0 saturated carbocycles. The SMILES string of the molecule is N=C(N)NCCOC(=O)Cc1ccccc1. The van der Waals surface area contributed by atoms with Crippen LogP contribution in [0.5, 0.6) is 0 Å². The van der Waals surface area contributed by atoms with Crippen LogP contribution in [0.25, 0.3) is 0 Å². The highest BCUT2D eigenvalue weighted by atomic mass is 16.5. The third kappa shape index (κ3) is 4.99. The third-order valence-electron chi connectivity index (χ3n) is 1.87. The number of guanidine groups is 1. The van der Waals surface area contributed by atoms with Gasteiger partial charge in [-0.15, -0.1) is 0 Å². The first kappa shape index (κ1) is 12.0. The molecule has 1 rings (SSSR count). The van der Waals surface area contributed by atoms with Crippen molar-refractivity contribution in [3.63, 3.8) is 0 Å². The fraction of sp³-hybridized carbons (Fsp3) is 0.273. The zero-order valence-corrected chi connectivity index (χ0v) is 8.90. The first-order chi connectivity index (χ1) is 7.68.